The number of nitrogens with one attached hydrogen (secondary N) is 1. The zero-order valence-corrected chi connectivity index (χ0v) is 13.7. The van der Waals surface area contributed by atoms with Gasteiger partial charge in [-0.25, -0.2) is 0 Å². The van der Waals surface area contributed by atoms with E-state index in [9.17, 15) is 9.59 Å². The number of anilines is 1. The average molecular weight is 343 g/mol. The highest BCUT2D eigenvalue weighted by molar-refractivity contribution is 6.30. The molecule has 1 N–H and O–H groups in total. The zero-order valence-electron chi connectivity index (χ0n) is 13.0. The van der Waals surface area contributed by atoms with E-state index in [2.05, 4.69) is 5.32 Å². The molecule has 122 valence electrons. The molecule has 0 unspecified atom stereocenters. The molecule has 0 radical (unpaired) electrons. The summed E-state index contributed by atoms with van der Waals surface area (Å²) in [5.74, 6) is 0.380. The minimum atomic E-state index is -0.299. The lowest BCUT2D eigenvalue weighted by Gasteiger charge is -2.09. The van der Waals surface area contributed by atoms with Crippen LogP contribution in [0, 0.1) is 0 Å². The van der Waals surface area contributed by atoms with Gasteiger partial charge in [-0.1, -0.05) is 17.7 Å². The molecule has 0 aliphatic heterocycles. The predicted molar refractivity (Wildman–Crippen MR) is 94.8 cm³/mol. The van der Waals surface area contributed by atoms with Gasteiger partial charge in [0.2, 0.25) is 5.91 Å². The summed E-state index contributed by atoms with van der Waals surface area (Å²) in [4.78, 5) is 24.6. The number of fused-ring (bicyclic) bond motifs is 1. The van der Waals surface area contributed by atoms with Crippen LogP contribution in [-0.4, -0.2) is 17.6 Å². The molecule has 0 atom stereocenters. The Morgan fingerprint density at radius 1 is 1.21 bits per heavy atom. The van der Waals surface area contributed by atoms with Crippen LogP contribution in [0.3, 0.4) is 0 Å². The number of rotatable bonds is 4. The SMILES string of the molecule is COc1ccc2c(=O)n(CC(=O)Nc3cccc(Cl)c3)ccc2c1. The van der Waals surface area contributed by atoms with Crippen molar-refractivity contribution in [2.45, 2.75) is 6.54 Å². The molecular weight excluding hydrogens is 328 g/mol. The van der Waals surface area contributed by atoms with E-state index in [1.807, 2.05) is 0 Å². The Balaban J connectivity index is 1.83. The van der Waals surface area contributed by atoms with Crippen molar-refractivity contribution in [2.75, 3.05) is 12.4 Å². The summed E-state index contributed by atoms with van der Waals surface area (Å²) in [5.41, 5.74) is 0.363. The number of pyridine rings is 1. The largest absolute Gasteiger partial charge is 0.497 e. The van der Waals surface area contributed by atoms with E-state index in [1.54, 1.807) is 61.8 Å². The smallest absolute Gasteiger partial charge is 0.258 e. The van der Waals surface area contributed by atoms with Crippen molar-refractivity contribution in [3.63, 3.8) is 0 Å². The third-order valence-corrected chi connectivity index (χ3v) is 3.84. The van der Waals surface area contributed by atoms with Gasteiger partial charge >= 0.3 is 0 Å². The van der Waals surface area contributed by atoms with Gasteiger partial charge < -0.3 is 14.6 Å². The molecule has 1 aromatic heterocycles. The van der Waals surface area contributed by atoms with Crippen molar-refractivity contribution >= 4 is 34.0 Å². The van der Waals surface area contributed by atoms with Crippen LogP contribution < -0.4 is 15.6 Å². The Labute approximate surface area is 143 Å². The van der Waals surface area contributed by atoms with E-state index < -0.39 is 0 Å². The molecule has 0 saturated heterocycles. The zero-order chi connectivity index (χ0) is 17.1. The predicted octanol–water partition coefficient (Wildman–Crippen LogP) is 3.30. The monoisotopic (exact) mass is 342 g/mol. The van der Waals surface area contributed by atoms with Crippen molar-refractivity contribution < 1.29 is 9.53 Å². The summed E-state index contributed by atoms with van der Waals surface area (Å²) in [5, 5.41) is 4.56. The van der Waals surface area contributed by atoms with Gasteiger partial charge in [-0.3, -0.25) is 9.59 Å². The maximum Gasteiger partial charge on any atom is 0.258 e. The fourth-order valence-electron chi connectivity index (χ4n) is 2.44. The van der Waals surface area contributed by atoms with Crippen molar-refractivity contribution in [2.24, 2.45) is 0 Å². The Kier molecular flexibility index (Phi) is 4.53. The molecule has 2 aromatic carbocycles. The van der Waals surface area contributed by atoms with E-state index in [0.29, 0.717) is 21.8 Å². The number of methoxy groups -OCH3 is 1. The van der Waals surface area contributed by atoms with Gasteiger partial charge in [0.15, 0.2) is 0 Å². The highest BCUT2D eigenvalue weighted by atomic mass is 35.5. The Hall–Kier alpha value is -2.79. The molecule has 24 heavy (non-hydrogen) atoms. The summed E-state index contributed by atoms with van der Waals surface area (Å²) >= 11 is 5.89. The first kappa shape index (κ1) is 16.1. The van der Waals surface area contributed by atoms with Crippen LogP contribution in [0.4, 0.5) is 5.69 Å². The molecule has 1 amide bonds. The number of amides is 1. The molecule has 0 bridgehead atoms. The van der Waals surface area contributed by atoms with E-state index in [0.717, 1.165) is 5.39 Å². The molecule has 0 fully saturated rings. The number of aromatic nitrogens is 1. The standard InChI is InChI=1S/C18H15ClN2O3/c1-24-15-5-6-16-12(9-15)7-8-21(18(16)23)11-17(22)20-14-4-2-3-13(19)10-14/h2-10H,11H2,1H3,(H,20,22). The van der Waals surface area contributed by atoms with Gasteiger partial charge in [0.05, 0.1) is 7.11 Å². The van der Waals surface area contributed by atoms with Gasteiger partial charge in [0, 0.05) is 22.3 Å². The summed E-state index contributed by atoms with van der Waals surface area (Å²) in [6.45, 7) is -0.0761. The second-order valence-corrected chi connectivity index (χ2v) is 5.70. The number of nitrogens with zero attached hydrogens (tertiary/aromatic N) is 1. The summed E-state index contributed by atoms with van der Waals surface area (Å²) in [6.07, 6.45) is 1.60. The fourth-order valence-corrected chi connectivity index (χ4v) is 2.63. The quantitative estimate of drug-likeness (QED) is 0.791. The number of carbonyl (C=O) groups is 1. The van der Waals surface area contributed by atoms with Crippen LogP contribution in [0.5, 0.6) is 5.75 Å². The molecule has 5 nitrogen and oxygen atoms in total. The third-order valence-electron chi connectivity index (χ3n) is 3.61. The number of benzene rings is 2. The van der Waals surface area contributed by atoms with Gasteiger partial charge in [-0.05, 0) is 47.9 Å². The maximum absolute atomic E-state index is 12.5. The minimum absolute atomic E-state index is 0.0761. The van der Waals surface area contributed by atoms with Gasteiger partial charge in [-0.15, -0.1) is 0 Å². The molecule has 3 aromatic rings. The van der Waals surface area contributed by atoms with Crippen LogP contribution in [0.1, 0.15) is 0 Å². The minimum Gasteiger partial charge on any atom is -0.497 e. The van der Waals surface area contributed by atoms with Crippen LogP contribution in [-0.2, 0) is 11.3 Å². The molecule has 3 rings (SSSR count). The maximum atomic E-state index is 12.5. The number of halogens is 1. The van der Waals surface area contributed by atoms with Crippen LogP contribution in [0.25, 0.3) is 10.8 Å². The molecule has 1 heterocycles. The van der Waals surface area contributed by atoms with Crippen LogP contribution in [0.2, 0.25) is 5.02 Å². The summed E-state index contributed by atoms with van der Waals surface area (Å²) in [6, 6.07) is 13.8. The first-order valence-electron chi connectivity index (χ1n) is 7.29. The van der Waals surface area contributed by atoms with Crippen LogP contribution in [0.15, 0.2) is 59.5 Å². The lowest BCUT2D eigenvalue weighted by molar-refractivity contribution is -0.116. The Bertz CT molecular complexity index is 966. The van der Waals surface area contributed by atoms with E-state index >= 15 is 0 Å². The molecule has 0 aliphatic carbocycles. The molecular formula is C18H15ClN2O3. The second-order valence-electron chi connectivity index (χ2n) is 5.26. The van der Waals surface area contributed by atoms with E-state index in [4.69, 9.17) is 16.3 Å². The summed E-state index contributed by atoms with van der Waals surface area (Å²) in [7, 11) is 1.57. The highest BCUT2D eigenvalue weighted by Crippen LogP contribution is 2.18. The van der Waals surface area contributed by atoms with Crippen molar-refractivity contribution in [3.05, 3.63) is 70.1 Å². The average Bonchev–Trinajstić information content (AvgIpc) is 2.57. The topological polar surface area (TPSA) is 60.3 Å². The molecule has 0 spiro atoms. The Morgan fingerprint density at radius 3 is 2.79 bits per heavy atom. The van der Waals surface area contributed by atoms with Crippen molar-refractivity contribution in [1.82, 2.24) is 4.57 Å². The van der Waals surface area contributed by atoms with Crippen molar-refractivity contribution in [1.29, 1.82) is 0 Å². The lowest BCUT2D eigenvalue weighted by Crippen LogP contribution is -2.27. The first-order valence-corrected chi connectivity index (χ1v) is 7.67. The highest BCUT2D eigenvalue weighted by Gasteiger charge is 2.08. The summed E-state index contributed by atoms with van der Waals surface area (Å²) < 4.78 is 6.52. The third kappa shape index (κ3) is 3.41. The molecule has 0 aliphatic rings. The molecule has 0 saturated carbocycles. The van der Waals surface area contributed by atoms with Crippen molar-refractivity contribution in [3.8, 4) is 5.75 Å². The lowest BCUT2D eigenvalue weighted by atomic mass is 10.1. The normalized spacial score (nSPS) is 10.6. The Morgan fingerprint density at radius 2 is 2.04 bits per heavy atom. The second kappa shape index (κ2) is 6.76. The van der Waals surface area contributed by atoms with Gasteiger partial charge in [-0.2, -0.15) is 0 Å². The number of hydrogen-bond acceptors (Lipinski definition) is 3. The number of hydrogen-bond donors (Lipinski definition) is 1. The molecule has 6 heteroatoms. The fraction of sp³-hybridized carbons (Fsp3) is 0.111. The van der Waals surface area contributed by atoms with E-state index in [1.165, 1.54) is 4.57 Å². The number of carbonyl (C=O) groups excluding carboxylic acids is 1. The van der Waals surface area contributed by atoms with Gasteiger partial charge in [0.25, 0.3) is 5.56 Å². The van der Waals surface area contributed by atoms with Gasteiger partial charge in [0.1, 0.15) is 12.3 Å². The van der Waals surface area contributed by atoms with E-state index in [-0.39, 0.29) is 18.0 Å². The number of ether oxygens (including phenoxy) is 1. The first-order chi connectivity index (χ1) is 11.6. The van der Waals surface area contributed by atoms with Crippen LogP contribution >= 0.6 is 11.6 Å².